The molecule has 1 N–H and O–H groups in total. The van der Waals surface area contributed by atoms with Gasteiger partial charge in [0.05, 0.1) is 11.0 Å². The quantitative estimate of drug-likeness (QED) is 0.713. The number of aryl methyl sites for hydroxylation is 1. The number of hydrogen-bond acceptors (Lipinski definition) is 5. The van der Waals surface area contributed by atoms with Gasteiger partial charge in [0, 0.05) is 39.0 Å². The molecule has 0 unspecified atom stereocenters. The topological polar surface area (TPSA) is 111 Å². The van der Waals surface area contributed by atoms with Crippen LogP contribution in [0.5, 0.6) is 0 Å². The zero-order valence-electron chi connectivity index (χ0n) is 14.6. The van der Waals surface area contributed by atoms with Crippen LogP contribution in [0.1, 0.15) is 18.4 Å². The smallest absolute Gasteiger partial charge is 0.243 e. The fraction of sp³-hybridized carbons (Fsp3) is 0.471. The van der Waals surface area contributed by atoms with Gasteiger partial charge in [0.2, 0.25) is 21.8 Å². The second-order valence-corrected chi connectivity index (χ2v) is 7.97. The van der Waals surface area contributed by atoms with Crippen molar-refractivity contribution in [3.8, 4) is 6.07 Å². The number of carbonyl (C=O) groups excluding carboxylic acids is 2. The van der Waals surface area contributed by atoms with Crippen LogP contribution in [-0.4, -0.2) is 62.2 Å². The van der Waals surface area contributed by atoms with E-state index in [9.17, 15) is 18.0 Å². The molecule has 0 spiro atoms. The van der Waals surface area contributed by atoms with Gasteiger partial charge in [-0.05, 0) is 19.1 Å². The van der Waals surface area contributed by atoms with Gasteiger partial charge in [-0.1, -0.05) is 17.7 Å². The van der Waals surface area contributed by atoms with Gasteiger partial charge in [-0.15, -0.1) is 0 Å². The zero-order chi connectivity index (χ0) is 19.2. The molecule has 2 rings (SSSR count). The summed E-state index contributed by atoms with van der Waals surface area (Å²) in [5.74, 6) is -0.537. The predicted octanol–water partition coefficient (Wildman–Crippen LogP) is 0.248. The Morgan fingerprint density at radius 3 is 2.31 bits per heavy atom. The second kappa shape index (κ2) is 8.78. The Morgan fingerprint density at radius 1 is 1.12 bits per heavy atom. The van der Waals surface area contributed by atoms with Crippen molar-refractivity contribution in [2.24, 2.45) is 0 Å². The third-order valence-electron chi connectivity index (χ3n) is 4.18. The first-order chi connectivity index (χ1) is 12.3. The molecule has 26 heavy (non-hydrogen) atoms. The number of hydrogen-bond donors (Lipinski definition) is 1. The van der Waals surface area contributed by atoms with Gasteiger partial charge in [0.15, 0.2) is 0 Å². The van der Waals surface area contributed by atoms with E-state index in [1.54, 1.807) is 35.2 Å². The Hall–Kier alpha value is -2.44. The van der Waals surface area contributed by atoms with Crippen molar-refractivity contribution in [3.63, 3.8) is 0 Å². The Morgan fingerprint density at radius 2 is 1.73 bits per heavy atom. The first-order valence-corrected chi connectivity index (χ1v) is 9.77. The van der Waals surface area contributed by atoms with Crippen molar-refractivity contribution in [1.29, 1.82) is 5.26 Å². The number of sulfonamides is 1. The number of nitrogens with one attached hydrogen (secondary N) is 1. The minimum absolute atomic E-state index is 0.0163. The fourth-order valence-corrected chi connectivity index (χ4v) is 4.06. The summed E-state index contributed by atoms with van der Waals surface area (Å²) in [4.78, 5) is 25.4. The van der Waals surface area contributed by atoms with Crippen LogP contribution in [0, 0.1) is 18.3 Å². The standard InChI is InChI=1S/C17H22N4O4S/c1-14-2-4-15(5-3-14)26(24,25)21-12-10-20(11-13-21)17(23)7-6-16(22)19-9-8-18/h2-5H,6-7,9-13H2,1H3,(H,19,22). The Labute approximate surface area is 153 Å². The van der Waals surface area contributed by atoms with E-state index >= 15 is 0 Å². The monoisotopic (exact) mass is 378 g/mol. The highest BCUT2D eigenvalue weighted by atomic mass is 32.2. The third kappa shape index (κ3) is 5.03. The molecule has 0 saturated carbocycles. The molecular formula is C17H22N4O4S. The molecule has 0 aliphatic carbocycles. The molecule has 1 heterocycles. The number of carbonyl (C=O) groups is 2. The average molecular weight is 378 g/mol. The molecule has 140 valence electrons. The SMILES string of the molecule is Cc1ccc(S(=O)(=O)N2CCN(C(=O)CCC(=O)NCC#N)CC2)cc1. The van der Waals surface area contributed by atoms with Crippen LogP contribution in [-0.2, 0) is 19.6 Å². The van der Waals surface area contributed by atoms with Crippen LogP contribution < -0.4 is 5.32 Å². The minimum Gasteiger partial charge on any atom is -0.343 e. The maximum atomic E-state index is 12.6. The van der Waals surface area contributed by atoms with Crippen molar-refractivity contribution in [1.82, 2.24) is 14.5 Å². The highest BCUT2D eigenvalue weighted by molar-refractivity contribution is 7.89. The lowest BCUT2D eigenvalue weighted by molar-refractivity contribution is -0.134. The number of nitrogens with zero attached hydrogens (tertiary/aromatic N) is 3. The second-order valence-electron chi connectivity index (χ2n) is 6.03. The molecule has 0 aromatic heterocycles. The fourth-order valence-electron chi connectivity index (χ4n) is 2.64. The number of benzene rings is 1. The van der Waals surface area contributed by atoms with E-state index in [2.05, 4.69) is 5.32 Å². The molecular weight excluding hydrogens is 356 g/mol. The van der Waals surface area contributed by atoms with Gasteiger partial charge in [-0.2, -0.15) is 9.57 Å². The van der Waals surface area contributed by atoms with Gasteiger partial charge in [0.1, 0.15) is 6.54 Å². The van der Waals surface area contributed by atoms with Crippen molar-refractivity contribution in [2.45, 2.75) is 24.7 Å². The maximum absolute atomic E-state index is 12.6. The van der Waals surface area contributed by atoms with Crippen LogP contribution in [0.2, 0.25) is 0 Å². The van der Waals surface area contributed by atoms with Gasteiger partial charge >= 0.3 is 0 Å². The van der Waals surface area contributed by atoms with Crippen molar-refractivity contribution >= 4 is 21.8 Å². The van der Waals surface area contributed by atoms with Crippen molar-refractivity contribution in [2.75, 3.05) is 32.7 Å². The summed E-state index contributed by atoms with van der Waals surface area (Å²) in [6.45, 7) is 2.85. The molecule has 1 aliphatic heterocycles. The molecule has 0 radical (unpaired) electrons. The molecule has 9 heteroatoms. The highest BCUT2D eigenvalue weighted by Gasteiger charge is 2.30. The van der Waals surface area contributed by atoms with E-state index in [1.807, 2.05) is 6.92 Å². The molecule has 1 aromatic carbocycles. The Kier molecular flexibility index (Phi) is 6.71. The molecule has 0 bridgehead atoms. The van der Waals surface area contributed by atoms with E-state index < -0.39 is 10.0 Å². The molecule has 1 aromatic rings. The van der Waals surface area contributed by atoms with Gasteiger partial charge < -0.3 is 10.2 Å². The largest absolute Gasteiger partial charge is 0.343 e. The third-order valence-corrected chi connectivity index (χ3v) is 6.09. The highest BCUT2D eigenvalue weighted by Crippen LogP contribution is 2.18. The van der Waals surface area contributed by atoms with Crippen LogP contribution in [0.4, 0.5) is 0 Å². The lowest BCUT2D eigenvalue weighted by Crippen LogP contribution is -2.50. The van der Waals surface area contributed by atoms with E-state index in [1.165, 1.54) is 4.31 Å². The van der Waals surface area contributed by atoms with Crippen LogP contribution in [0.15, 0.2) is 29.2 Å². The first kappa shape index (κ1) is 19.9. The van der Waals surface area contributed by atoms with E-state index in [4.69, 9.17) is 5.26 Å². The average Bonchev–Trinajstić information content (AvgIpc) is 2.64. The normalized spacial score (nSPS) is 15.3. The van der Waals surface area contributed by atoms with Crippen molar-refractivity contribution in [3.05, 3.63) is 29.8 Å². The summed E-state index contributed by atoms with van der Waals surface area (Å²) < 4.78 is 26.6. The first-order valence-electron chi connectivity index (χ1n) is 8.33. The number of amides is 2. The zero-order valence-corrected chi connectivity index (χ0v) is 15.5. The molecule has 0 atom stereocenters. The minimum atomic E-state index is -3.56. The summed E-state index contributed by atoms with van der Waals surface area (Å²) in [5, 5.41) is 10.8. The molecule has 1 aliphatic rings. The molecule has 1 fully saturated rings. The maximum Gasteiger partial charge on any atom is 0.243 e. The van der Waals surface area contributed by atoms with Gasteiger partial charge in [0.25, 0.3) is 0 Å². The summed E-state index contributed by atoms with van der Waals surface area (Å²) in [7, 11) is -3.56. The predicted molar refractivity (Wildman–Crippen MR) is 94.4 cm³/mol. The van der Waals surface area contributed by atoms with E-state index in [0.29, 0.717) is 13.1 Å². The Balaban J connectivity index is 1.86. The molecule has 2 amide bonds. The summed E-state index contributed by atoms with van der Waals surface area (Å²) in [6, 6.07) is 8.47. The summed E-state index contributed by atoms with van der Waals surface area (Å²) >= 11 is 0. The summed E-state index contributed by atoms with van der Waals surface area (Å²) in [5.41, 5.74) is 0.984. The van der Waals surface area contributed by atoms with Crippen LogP contribution in [0.25, 0.3) is 0 Å². The van der Waals surface area contributed by atoms with E-state index in [-0.39, 0.29) is 49.2 Å². The lowest BCUT2D eigenvalue weighted by Gasteiger charge is -2.34. The molecule has 1 saturated heterocycles. The number of nitriles is 1. The van der Waals surface area contributed by atoms with E-state index in [0.717, 1.165) is 5.56 Å². The van der Waals surface area contributed by atoms with Gasteiger partial charge in [-0.25, -0.2) is 8.42 Å². The number of rotatable bonds is 6. The van der Waals surface area contributed by atoms with Gasteiger partial charge in [-0.3, -0.25) is 9.59 Å². The van der Waals surface area contributed by atoms with Crippen LogP contribution in [0.3, 0.4) is 0 Å². The Bertz CT molecular complexity index is 791. The van der Waals surface area contributed by atoms with Crippen molar-refractivity contribution < 1.29 is 18.0 Å². The lowest BCUT2D eigenvalue weighted by atomic mass is 10.2. The van der Waals surface area contributed by atoms with Crippen LogP contribution >= 0.6 is 0 Å². The molecule has 8 nitrogen and oxygen atoms in total. The summed E-state index contributed by atoms with van der Waals surface area (Å²) in [6.07, 6.45) is 0.0599. The number of piperazine rings is 1.